The number of pyridine rings is 1. The predicted octanol–water partition coefficient (Wildman–Crippen LogP) is 2.81. The van der Waals surface area contributed by atoms with Crippen molar-refractivity contribution in [3.63, 3.8) is 0 Å². The van der Waals surface area contributed by atoms with Crippen LogP contribution in [0.15, 0.2) is 24.5 Å². The molecule has 0 saturated carbocycles. The molecule has 3 nitrogen and oxygen atoms in total. The van der Waals surface area contributed by atoms with Crippen LogP contribution in [0.4, 0.5) is 0 Å². The molecule has 18 heavy (non-hydrogen) atoms. The van der Waals surface area contributed by atoms with Gasteiger partial charge >= 0.3 is 0 Å². The molecule has 2 atom stereocenters. The molecule has 0 saturated heterocycles. The first-order chi connectivity index (χ1) is 8.66. The van der Waals surface area contributed by atoms with Gasteiger partial charge in [-0.25, -0.2) is 0 Å². The maximum absolute atomic E-state index is 5.74. The quantitative estimate of drug-likeness (QED) is 0.770. The van der Waals surface area contributed by atoms with Gasteiger partial charge in [0.25, 0.3) is 0 Å². The number of hydrogen-bond acceptors (Lipinski definition) is 3. The van der Waals surface area contributed by atoms with E-state index < -0.39 is 0 Å². The molecule has 0 spiro atoms. The fraction of sp³-hybridized carbons (Fsp3) is 0.667. The van der Waals surface area contributed by atoms with Gasteiger partial charge in [-0.05, 0) is 50.4 Å². The Bertz CT molecular complexity index is 323. The number of hydrogen-bond donors (Lipinski definition) is 1. The van der Waals surface area contributed by atoms with Crippen LogP contribution in [0.2, 0.25) is 0 Å². The Labute approximate surface area is 111 Å². The average molecular weight is 250 g/mol. The molecule has 0 aromatic carbocycles. The minimum Gasteiger partial charge on any atom is -0.377 e. The summed E-state index contributed by atoms with van der Waals surface area (Å²) in [5.74, 6) is 0. The molecule has 1 aromatic heterocycles. The summed E-state index contributed by atoms with van der Waals surface area (Å²) in [6, 6.07) is 4.48. The Kier molecular flexibility index (Phi) is 6.30. The first-order valence-electron chi connectivity index (χ1n) is 6.83. The topological polar surface area (TPSA) is 34.2 Å². The third-order valence-corrected chi connectivity index (χ3v) is 3.74. The van der Waals surface area contributed by atoms with Crippen molar-refractivity contribution < 1.29 is 4.74 Å². The number of aromatic nitrogens is 1. The molecule has 1 aromatic rings. The van der Waals surface area contributed by atoms with Crippen molar-refractivity contribution in [2.45, 2.75) is 51.7 Å². The Morgan fingerprint density at radius 3 is 2.50 bits per heavy atom. The normalized spacial score (nSPS) is 16.2. The first-order valence-corrected chi connectivity index (χ1v) is 6.83. The lowest BCUT2D eigenvalue weighted by Crippen LogP contribution is -2.51. The summed E-state index contributed by atoms with van der Waals surface area (Å²) >= 11 is 0. The SMILES string of the molecule is CCCNC(Cc1ccncc1)C(C)(CC)OC. The maximum atomic E-state index is 5.74. The molecule has 0 fully saturated rings. The standard InChI is InChI=1S/C15H26N2O/c1-5-9-17-14(15(3,6-2)18-4)12-13-7-10-16-11-8-13/h7-8,10-11,14,17H,5-6,9,12H2,1-4H3. The van der Waals surface area contributed by atoms with E-state index in [-0.39, 0.29) is 5.60 Å². The Hall–Kier alpha value is -0.930. The highest BCUT2D eigenvalue weighted by Gasteiger charge is 2.32. The Morgan fingerprint density at radius 2 is 2.00 bits per heavy atom. The van der Waals surface area contributed by atoms with Gasteiger partial charge < -0.3 is 10.1 Å². The highest BCUT2D eigenvalue weighted by molar-refractivity contribution is 5.13. The van der Waals surface area contributed by atoms with Gasteiger partial charge in [0, 0.05) is 25.5 Å². The zero-order valence-electron chi connectivity index (χ0n) is 12.1. The lowest BCUT2D eigenvalue weighted by Gasteiger charge is -2.36. The van der Waals surface area contributed by atoms with Crippen LogP contribution in [0.1, 0.15) is 39.2 Å². The minimum atomic E-state index is -0.127. The highest BCUT2D eigenvalue weighted by atomic mass is 16.5. The molecule has 0 amide bonds. The highest BCUT2D eigenvalue weighted by Crippen LogP contribution is 2.22. The largest absolute Gasteiger partial charge is 0.377 e. The molecule has 0 radical (unpaired) electrons. The van der Waals surface area contributed by atoms with E-state index in [1.807, 2.05) is 12.4 Å². The van der Waals surface area contributed by atoms with Crippen LogP contribution < -0.4 is 5.32 Å². The summed E-state index contributed by atoms with van der Waals surface area (Å²) in [7, 11) is 1.80. The summed E-state index contributed by atoms with van der Waals surface area (Å²) in [5.41, 5.74) is 1.17. The van der Waals surface area contributed by atoms with Gasteiger partial charge in [0.15, 0.2) is 0 Å². The second kappa shape index (κ2) is 7.49. The molecule has 0 aliphatic heterocycles. The van der Waals surface area contributed by atoms with Gasteiger partial charge in [0.1, 0.15) is 0 Å². The fourth-order valence-electron chi connectivity index (χ4n) is 2.11. The second-order valence-corrected chi connectivity index (χ2v) is 4.94. The van der Waals surface area contributed by atoms with Crippen molar-refractivity contribution >= 4 is 0 Å². The van der Waals surface area contributed by atoms with Gasteiger partial charge in [-0.1, -0.05) is 13.8 Å². The van der Waals surface area contributed by atoms with Crippen molar-refractivity contribution in [1.29, 1.82) is 0 Å². The van der Waals surface area contributed by atoms with E-state index >= 15 is 0 Å². The smallest absolute Gasteiger partial charge is 0.0803 e. The number of rotatable bonds is 8. The summed E-state index contributed by atoms with van der Waals surface area (Å²) in [4.78, 5) is 4.07. The van der Waals surface area contributed by atoms with Gasteiger partial charge in [0.2, 0.25) is 0 Å². The van der Waals surface area contributed by atoms with Crippen LogP contribution in [0.3, 0.4) is 0 Å². The van der Waals surface area contributed by atoms with Crippen LogP contribution in [-0.2, 0) is 11.2 Å². The predicted molar refractivity (Wildman–Crippen MR) is 75.7 cm³/mol. The minimum absolute atomic E-state index is 0.127. The van der Waals surface area contributed by atoms with Gasteiger partial charge in [-0.2, -0.15) is 0 Å². The van der Waals surface area contributed by atoms with Crippen LogP contribution >= 0.6 is 0 Å². The number of nitrogens with zero attached hydrogens (tertiary/aromatic N) is 1. The molecule has 3 heteroatoms. The van der Waals surface area contributed by atoms with Crippen LogP contribution in [0, 0.1) is 0 Å². The zero-order chi connectivity index (χ0) is 13.4. The molecule has 102 valence electrons. The van der Waals surface area contributed by atoms with E-state index in [0.29, 0.717) is 6.04 Å². The van der Waals surface area contributed by atoms with E-state index in [2.05, 4.69) is 43.2 Å². The van der Waals surface area contributed by atoms with Crippen molar-refractivity contribution in [2.24, 2.45) is 0 Å². The maximum Gasteiger partial charge on any atom is 0.0803 e. The van der Waals surface area contributed by atoms with Crippen molar-refractivity contribution in [3.8, 4) is 0 Å². The first kappa shape index (κ1) is 15.1. The third-order valence-electron chi connectivity index (χ3n) is 3.74. The van der Waals surface area contributed by atoms with E-state index in [1.165, 1.54) is 5.56 Å². The summed E-state index contributed by atoms with van der Waals surface area (Å²) < 4.78 is 5.74. The molecule has 0 aliphatic rings. The van der Waals surface area contributed by atoms with Crippen molar-refractivity contribution in [3.05, 3.63) is 30.1 Å². The lowest BCUT2D eigenvalue weighted by molar-refractivity contribution is -0.0287. The van der Waals surface area contributed by atoms with E-state index in [0.717, 1.165) is 25.8 Å². The molecule has 1 rings (SSSR count). The number of ether oxygens (including phenoxy) is 1. The molecule has 2 unspecified atom stereocenters. The van der Waals surface area contributed by atoms with Gasteiger partial charge in [-0.15, -0.1) is 0 Å². The Morgan fingerprint density at radius 1 is 1.33 bits per heavy atom. The summed E-state index contributed by atoms with van der Waals surface area (Å²) in [6.45, 7) is 7.57. The number of nitrogens with one attached hydrogen (secondary N) is 1. The average Bonchev–Trinajstić information content (AvgIpc) is 2.43. The molecule has 0 aliphatic carbocycles. The van der Waals surface area contributed by atoms with E-state index in [9.17, 15) is 0 Å². The lowest BCUT2D eigenvalue weighted by atomic mass is 9.88. The second-order valence-electron chi connectivity index (χ2n) is 4.94. The number of methoxy groups -OCH3 is 1. The van der Waals surface area contributed by atoms with Crippen molar-refractivity contribution in [2.75, 3.05) is 13.7 Å². The van der Waals surface area contributed by atoms with E-state index in [4.69, 9.17) is 4.74 Å². The van der Waals surface area contributed by atoms with Gasteiger partial charge in [-0.3, -0.25) is 4.98 Å². The molecular weight excluding hydrogens is 224 g/mol. The molecule has 1 heterocycles. The molecule has 0 bridgehead atoms. The van der Waals surface area contributed by atoms with Crippen LogP contribution in [-0.4, -0.2) is 30.3 Å². The molecular formula is C15H26N2O. The summed E-state index contributed by atoms with van der Waals surface area (Å²) in [5, 5.41) is 3.61. The molecule has 1 N–H and O–H groups in total. The zero-order valence-corrected chi connectivity index (χ0v) is 12.1. The van der Waals surface area contributed by atoms with Crippen molar-refractivity contribution in [1.82, 2.24) is 10.3 Å². The Balaban J connectivity index is 2.78. The van der Waals surface area contributed by atoms with Crippen LogP contribution in [0.25, 0.3) is 0 Å². The monoisotopic (exact) mass is 250 g/mol. The fourth-order valence-corrected chi connectivity index (χ4v) is 2.11. The van der Waals surface area contributed by atoms with E-state index in [1.54, 1.807) is 7.11 Å². The summed E-state index contributed by atoms with van der Waals surface area (Å²) in [6.07, 6.45) is 6.80. The van der Waals surface area contributed by atoms with Gasteiger partial charge in [0.05, 0.1) is 5.60 Å². The third kappa shape index (κ3) is 4.07. The van der Waals surface area contributed by atoms with Crippen LogP contribution in [0.5, 0.6) is 0 Å².